The van der Waals surface area contributed by atoms with Crippen LogP contribution in [0.15, 0.2) is 0 Å². The van der Waals surface area contributed by atoms with Crippen LogP contribution >= 0.6 is 12.4 Å². The highest BCUT2D eigenvalue weighted by molar-refractivity contribution is 7.89. The molecule has 9 heteroatoms. The van der Waals surface area contributed by atoms with Crippen LogP contribution in [0.5, 0.6) is 0 Å². The molecule has 0 radical (unpaired) electrons. The maximum atomic E-state index is 11.9. The van der Waals surface area contributed by atoms with E-state index in [0.717, 1.165) is 13.1 Å². The van der Waals surface area contributed by atoms with Gasteiger partial charge < -0.3 is 5.32 Å². The Morgan fingerprint density at radius 2 is 2.00 bits per heavy atom. The minimum absolute atomic E-state index is 0. The van der Waals surface area contributed by atoms with Gasteiger partial charge in [0.2, 0.25) is 10.0 Å². The predicted molar refractivity (Wildman–Crippen MR) is 69.9 cm³/mol. The fourth-order valence-electron chi connectivity index (χ4n) is 1.94. The van der Waals surface area contributed by atoms with Crippen LogP contribution in [0.4, 0.5) is 13.2 Å². The second kappa shape index (κ2) is 7.66. The largest absolute Gasteiger partial charge is 0.389 e. The average Bonchev–Trinajstić information content (AvgIpc) is 2.18. The third-order valence-electron chi connectivity index (χ3n) is 2.99. The molecule has 0 aromatic heterocycles. The van der Waals surface area contributed by atoms with Crippen molar-refractivity contribution in [2.75, 3.05) is 18.8 Å². The molecular formula is C10H20ClF3N2O2S. The Kier molecular flexibility index (Phi) is 7.64. The number of piperidine rings is 1. The molecular weight excluding hydrogens is 305 g/mol. The summed E-state index contributed by atoms with van der Waals surface area (Å²) in [5.41, 5.74) is 0. The zero-order chi connectivity index (χ0) is 13.8. The van der Waals surface area contributed by atoms with Crippen molar-refractivity contribution in [1.29, 1.82) is 0 Å². The van der Waals surface area contributed by atoms with Crippen LogP contribution in [0.1, 0.15) is 26.2 Å². The summed E-state index contributed by atoms with van der Waals surface area (Å²) in [5, 5.41) is 3.13. The van der Waals surface area contributed by atoms with Crippen molar-refractivity contribution >= 4 is 22.4 Å². The molecule has 2 N–H and O–H groups in total. The molecule has 0 aromatic carbocycles. The standard InChI is InChI=1S/C10H19F3N2O2S.ClH/c1-8-7-14-5-3-9(8)15-18(16,17)6-2-4-10(11,12)13;/h8-9,14-15H,2-7H2,1H3;1H. The van der Waals surface area contributed by atoms with E-state index in [4.69, 9.17) is 0 Å². The summed E-state index contributed by atoms with van der Waals surface area (Å²) >= 11 is 0. The minimum Gasteiger partial charge on any atom is -0.316 e. The van der Waals surface area contributed by atoms with E-state index in [-0.39, 0.29) is 24.4 Å². The summed E-state index contributed by atoms with van der Waals surface area (Å²) in [6.07, 6.45) is -5.08. The van der Waals surface area contributed by atoms with Crippen LogP contribution in [-0.2, 0) is 10.0 Å². The van der Waals surface area contributed by atoms with Crippen molar-refractivity contribution in [3.05, 3.63) is 0 Å². The Morgan fingerprint density at radius 1 is 1.37 bits per heavy atom. The topological polar surface area (TPSA) is 58.2 Å². The van der Waals surface area contributed by atoms with E-state index in [0.29, 0.717) is 6.42 Å². The SMILES string of the molecule is CC1CNCCC1NS(=O)(=O)CCCC(F)(F)F.Cl. The average molecular weight is 325 g/mol. The molecule has 0 aliphatic carbocycles. The van der Waals surface area contributed by atoms with Gasteiger partial charge in [-0.15, -0.1) is 12.4 Å². The first kappa shape index (κ1) is 18.9. The van der Waals surface area contributed by atoms with Gasteiger partial charge in [-0.3, -0.25) is 0 Å². The van der Waals surface area contributed by atoms with Gasteiger partial charge in [0.1, 0.15) is 0 Å². The molecule has 19 heavy (non-hydrogen) atoms. The zero-order valence-corrected chi connectivity index (χ0v) is 12.3. The number of alkyl halides is 3. The number of sulfonamides is 1. The third-order valence-corrected chi connectivity index (χ3v) is 4.48. The van der Waals surface area contributed by atoms with Crippen LogP contribution < -0.4 is 10.0 Å². The first-order chi connectivity index (χ1) is 8.20. The van der Waals surface area contributed by atoms with Gasteiger partial charge in [-0.05, 0) is 31.8 Å². The lowest BCUT2D eigenvalue weighted by Gasteiger charge is -2.29. The molecule has 116 valence electrons. The molecule has 4 nitrogen and oxygen atoms in total. The second-order valence-corrected chi connectivity index (χ2v) is 6.61. The first-order valence-corrected chi connectivity index (χ1v) is 7.62. The van der Waals surface area contributed by atoms with Crippen LogP contribution in [0.25, 0.3) is 0 Å². The summed E-state index contributed by atoms with van der Waals surface area (Å²) in [4.78, 5) is 0. The van der Waals surface area contributed by atoms with Gasteiger partial charge in [0.15, 0.2) is 0 Å². The minimum atomic E-state index is -4.29. The molecule has 0 saturated carbocycles. The van der Waals surface area contributed by atoms with Crippen molar-refractivity contribution in [3.63, 3.8) is 0 Å². The summed E-state index contributed by atoms with van der Waals surface area (Å²) in [6.45, 7) is 3.35. The van der Waals surface area contributed by atoms with Crippen LogP contribution in [0.2, 0.25) is 0 Å². The molecule has 0 bridgehead atoms. The van der Waals surface area contributed by atoms with Gasteiger partial charge in [0.05, 0.1) is 5.75 Å². The zero-order valence-electron chi connectivity index (χ0n) is 10.7. The molecule has 1 rings (SSSR count). The molecule has 2 atom stereocenters. The van der Waals surface area contributed by atoms with Gasteiger partial charge in [-0.1, -0.05) is 6.92 Å². The molecule has 0 spiro atoms. The van der Waals surface area contributed by atoms with E-state index in [1.165, 1.54) is 0 Å². The number of nitrogens with one attached hydrogen (secondary N) is 2. The van der Waals surface area contributed by atoms with Crippen molar-refractivity contribution in [3.8, 4) is 0 Å². The van der Waals surface area contributed by atoms with Crippen molar-refractivity contribution in [1.82, 2.24) is 10.0 Å². The van der Waals surface area contributed by atoms with Crippen LogP contribution in [-0.4, -0.2) is 39.5 Å². The molecule has 1 aliphatic heterocycles. The van der Waals surface area contributed by atoms with Gasteiger partial charge >= 0.3 is 6.18 Å². The van der Waals surface area contributed by atoms with Crippen molar-refractivity contribution in [2.45, 2.75) is 38.4 Å². The lowest BCUT2D eigenvalue weighted by atomic mass is 9.97. The molecule has 1 aliphatic rings. The second-order valence-electron chi connectivity index (χ2n) is 4.73. The van der Waals surface area contributed by atoms with Gasteiger partial charge in [0, 0.05) is 12.5 Å². The third kappa shape index (κ3) is 7.96. The molecule has 0 amide bonds. The quantitative estimate of drug-likeness (QED) is 0.809. The Balaban J connectivity index is 0.00000324. The van der Waals surface area contributed by atoms with E-state index >= 15 is 0 Å². The summed E-state index contributed by atoms with van der Waals surface area (Å²) in [6, 6.07) is -0.179. The Hall–Kier alpha value is -0.0500. The van der Waals surface area contributed by atoms with E-state index in [2.05, 4.69) is 10.0 Å². The fraction of sp³-hybridized carbons (Fsp3) is 1.00. The summed E-state index contributed by atoms with van der Waals surface area (Å²) < 4.78 is 61.5. The van der Waals surface area contributed by atoms with E-state index in [9.17, 15) is 21.6 Å². The predicted octanol–water partition coefficient (Wildman–Crippen LogP) is 1.67. The van der Waals surface area contributed by atoms with E-state index in [1.54, 1.807) is 0 Å². The normalized spacial score (nSPS) is 24.8. The van der Waals surface area contributed by atoms with Crippen LogP contribution in [0.3, 0.4) is 0 Å². The van der Waals surface area contributed by atoms with Crippen molar-refractivity contribution in [2.24, 2.45) is 5.92 Å². The molecule has 0 aromatic rings. The van der Waals surface area contributed by atoms with Gasteiger partial charge in [-0.2, -0.15) is 13.2 Å². The number of halogens is 4. The number of rotatable bonds is 5. The van der Waals surface area contributed by atoms with E-state index < -0.39 is 34.8 Å². The Labute approximate surface area is 118 Å². The fourth-order valence-corrected chi connectivity index (χ4v) is 3.40. The summed E-state index contributed by atoms with van der Waals surface area (Å²) in [5.74, 6) is -0.320. The van der Waals surface area contributed by atoms with Gasteiger partial charge in [0.25, 0.3) is 0 Å². The van der Waals surface area contributed by atoms with Crippen molar-refractivity contribution < 1.29 is 21.6 Å². The number of hydrogen-bond donors (Lipinski definition) is 2. The Bertz CT molecular complexity index is 362. The van der Waals surface area contributed by atoms with Gasteiger partial charge in [-0.25, -0.2) is 13.1 Å². The molecule has 1 fully saturated rings. The first-order valence-electron chi connectivity index (χ1n) is 5.97. The Morgan fingerprint density at radius 3 is 2.53 bits per heavy atom. The van der Waals surface area contributed by atoms with Crippen LogP contribution in [0, 0.1) is 5.92 Å². The highest BCUT2D eigenvalue weighted by Gasteiger charge is 2.29. The molecule has 2 unspecified atom stereocenters. The summed E-state index contributed by atoms with van der Waals surface area (Å²) in [7, 11) is -3.61. The maximum absolute atomic E-state index is 11.9. The molecule has 1 heterocycles. The lowest BCUT2D eigenvalue weighted by Crippen LogP contribution is -2.48. The molecule has 1 saturated heterocycles. The smallest absolute Gasteiger partial charge is 0.316 e. The maximum Gasteiger partial charge on any atom is 0.389 e. The monoisotopic (exact) mass is 324 g/mol. The van der Waals surface area contributed by atoms with E-state index in [1.807, 2.05) is 6.92 Å². The number of hydrogen-bond acceptors (Lipinski definition) is 3. The highest BCUT2D eigenvalue weighted by Crippen LogP contribution is 2.21. The lowest BCUT2D eigenvalue weighted by molar-refractivity contribution is -0.134. The highest BCUT2D eigenvalue weighted by atomic mass is 35.5.